The lowest BCUT2D eigenvalue weighted by Crippen LogP contribution is -2.61. The Morgan fingerprint density at radius 3 is 2.17 bits per heavy atom. The second-order valence-electron chi connectivity index (χ2n) is 5.21. The zero-order chi connectivity index (χ0) is 17.7. The van der Waals surface area contributed by atoms with E-state index in [1.54, 1.807) is 0 Å². The average Bonchev–Trinajstić information content (AvgIpc) is 2.49. The highest BCUT2D eigenvalue weighted by atomic mass is 32.1. The molecule has 8 atom stereocenters. The topological polar surface area (TPSA) is 169 Å². The van der Waals surface area contributed by atoms with Crippen LogP contribution in [0.15, 0.2) is 0 Å². The highest BCUT2D eigenvalue weighted by molar-refractivity contribution is 7.80. The van der Waals surface area contributed by atoms with Crippen LogP contribution in [0.3, 0.4) is 0 Å². The smallest absolute Gasteiger partial charge is 0.209 e. The highest BCUT2D eigenvalue weighted by Crippen LogP contribution is 2.24. The van der Waals surface area contributed by atoms with Crippen molar-refractivity contribution < 1.29 is 50.0 Å². The Morgan fingerprint density at radius 1 is 1.13 bits per heavy atom. The SMILES string of the molecule is CC(O)C(CS)OC(OC1C(CO)OC(O)C(O)C1O)C(O)O. The molecule has 0 aromatic rings. The first-order valence-electron chi connectivity index (χ1n) is 6.99. The monoisotopic (exact) mass is 360 g/mol. The van der Waals surface area contributed by atoms with Gasteiger partial charge in [-0.3, -0.25) is 0 Å². The standard InChI is InChI=1S/C12H24O10S/c1-4(14)6(3-23)21-12(10(17)18)22-9-5(2-13)20-11(19)8(16)7(9)15/h4-19,23H,2-3H2,1H3. The van der Waals surface area contributed by atoms with Crippen LogP contribution in [0, 0.1) is 0 Å². The van der Waals surface area contributed by atoms with Gasteiger partial charge in [-0.05, 0) is 6.92 Å². The third kappa shape index (κ3) is 5.47. The van der Waals surface area contributed by atoms with E-state index in [-0.39, 0.29) is 5.75 Å². The molecule has 1 saturated heterocycles. The van der Waals surface area contributed by atoms with Crippen LogP contribution in [0.25, 0.3) is 0 Å². The van der Waals surface area contributed by atoms with Crippen LogP contribution >= 0.6 is 12.6 Å². The van der Waals surface area contributed by atoms with Crippen LogP contribution in [0.5, 0.6) is 0 Å². The molecule has 10 nitrogen and oxygen atoms in total. The predicted molar refractivity (Wildman–Crippen MR) is 77.3 cm³/mol. The van der Waals surface area contributed by atoms with Crippen LogP contribution in [0.2, 0.25) is 0 Å². The summed E-state index contributed by atoms with van der Waals surface area (Å²) in [7, 11) is 0. The number of thiol groups is 1. The van der Waals surface area contributed by atoms with Crippen LogP contribution in [-0.2, 0) is 14.2 Å². The Morgan fingerprint density at radius 2 is 1.74 bits per heavy atom. The summed E-state index contributed by atoms with van der Waals surface area (Å²) < 4.78 is 15.3. The van der Waals surface area contributed by atoms with Crippen LogP contribution in [0.1, 0.15) is 6.92 Å². The Balaban J connectivity index is 2.84. The molecule has 0 aromatic carbocycles. The molecule has 138 valence electrons. The van der Waals surface area contributed by atoms with Crippen molar-refractivity contribution in [2.75, 3.05) is 12.4 Å². The van der Waals surface area contributed by atoms with Crippen LogP contribution in [0.4, 0.5) is 0 Å². The van der Waals surface area contributed by atoms with Gasteiger partial charge in [0.25, 0.3) is 0 Å². The maximum atomic E-state index is 9.93. The molecule has 23 heavy (non-hydrogen) atoms. The van der Waals surface area contributed by atoms with E-state index in [2.05, 4.69) is 12.6 Å². The van der Waals surface area contributed by atoms with Gasteiger partial charge in [-0.15, -0.1) is 0 Å². The van der Waals surface area contributed by atoms with Gasteiger partial charge in [-0.2, -0.15) is 12.6 Å². The number of rotatable bonds is 8. The maximum Gasteiger partial charge on any atom is 0.209 e. The molecule has 7 N–H and O–H groups in total. The fourth-order valence-electron chi connectivity index (χ4n) is 2.04. The summed E-state index contributed by atoms with van der Waals surface area (Å²) in [5, 5.41) is 66.3. The number of aliphatic hydroxyl groups excluding tert-OH is 6. The summed E-state index contributed by atoms with van der Waals surface area (Å²) in [5.74, 6) is 0.0404. The molecule has 0 aromatic heterocycles. The number of aliphatic hydroxyl groups is 7. The average molecular weight is 360 g/mol. The van der Waals surface area contributed by atoms with Crippen molar-refractivity contribution in [3.63, 3.8) is 0 Å². The molecule has 0 amide bonds. The van der Waals surface area contributed by atoms with E-state index < -0.39 is 62.1 Å². The Labute approximate surface area is 138 Å². The summed E-state index contributed by atoms with van der Waals surface area (Å²) in [6, 6.07) is 0. The molecular weight excluding hydrogens is 336 g/mol. The molecule has 1 aliphatic heterocycles. The van der Waals surface area contributed by atoms with Crippen molar-refractivity contribution in [2.24, 2.45) is 0 Å². The van der Waals surface area contributed by atoms with Crippen molar-refractivity contribution in [1.82, 2.24) is 0 Å². The first-order valence-corrected chi connectivity index (χ1v) is 7.62. The zero-order valence-electron chi connectivity index (χ0n) is 12.4. The lowest BCUT2D eigenvalue weighted by atomic mass is 9.99. The van der Waals surface area contributed by atoms with Gasteiger partial charge in [0.1, 0.15) is 24.4 Å². The molecule has 1 aliphatic rings. The molecule has 0 saturated carbocycles. The quantitative estimate of drug-likeness (QED) is 0.158. The van der Waals surface area contributed by atoms with Gasteiger partial charge in [0.15, 0.2) is 6.29 Å². The van der Waals surface area contributed by atoms with E-state index in [0.29, 0.717) is 0 Å². The summed E-state index contributed by atoms with van der Waals surface area (Å²) in [6.07, 6.45) is -13.6. The molecule has 0 bridgehead atoms. The minimum absolute atomic E-state index is 0.0404. The Hall–Kier alpha value is -0.0500. The van der Waals surface area contributed by atoms with Crippen molar-refractivity contribution >= 4 is 12.6 Å². The molecule has 0 spiro atoms. The fourth-order valence-corrected chi connectivity index (χ4v) is 2.44. The van der Waals surface area contributed by atoms with Gasteiger partial charge in [0.05, 0.1) is 18.8 Å². The van der Waals surface area contributed by atoms with Crippen LogP contribution in [-0.4, -0.2) is 104 Å². The Kier molecular flexibility index (Phi) is 8.61. The lowest BCUT2D eigenvalue weighted by molar-refractivity contribution is -0.347. The van der Waals surface area contributed by atoms with Crippen molar-refractivity contribution in [3.05, 3.63) is 0 Å². The third-order valence-corrected chi connectivity index (χ3v) is 3.76. The second-order valence-corrected chi connectivity index (χ2v) is 5.57. The first-order chi connectivity index (χ1) is 10.7. The second kappa shape index (κ2) is 9.44. The van der Waals surface area contributed by atoms with Gasteiger partial charge in [-0.25, -0.2) is 0 Å². The molecule has 0 aliphatic carbocycles. The van der Waals surface area contributed by atoms with E-state index >= 15 is 0 Å². The maximum absolute atomic E-state index is 9.93. The molecule has 11 heteroatoms. The Bertz CT molecular complexity index is 342. The van der Waals surface area contributed by atoms with Crippen molar-refractivity contribution in [3.8, 4) is 0 Å². The van der Waals surface area contributed by atoms with Gasteiger partial charge in [0.2, 0.25) is 12.6 Å². The predicted octanol–water partition coefficient (Wildman–Crippen LogP) is -3.86. The minimum atomic E-state index is -2.15. The van der Waals surface area contributed by atoms with Gasteiger partial charge < -0.3 is 50.0 Å². The normalized spacial score (nSPS) is 36.0. The van der Waals surface area contributed by atoms with Gasteiger partial charge in [-0.1, -0.05) is 0 Å². The van der Waals surface area contributed by atoms with Crippen LogP contribution < -0.4 is 0 Å². The van der Waals surface area contributed by atoms with E-state index in [1.807, 2.05) is 0 Å². The fraction of sp³-hybridized carbons (Fsp3) is 1.00. The third-order valence-electron chi connectivity index (χ3n) is 3.40. The molecule has 0 radical (unpaired) electrons. The molecular formula is C12H24O10S. The van der Waals surface area contributed by atoms with Crippen molar-refractivity contribution in [2.45, 2.75) is 62.4 Å². The minimum Gasteiger partial charge on any atom is -0.394 e. The van der Waals surface area contributed by atoms with E-state index in [0.717, 1.165) is 0 Å². The first kappa shape index (κ1) is 21.0. The highest BCUT2D eigenvalue weighted by Gasteiger charge is 2.46. The zero-order valence-corrected chi connectivity index (χ0v) is 13.3. The summed E-state index contributed by atoms with van der Waals surface area (Å²) in [5.41, 5.74) is 0. The number of hydrogen-bond acceptors (Lipinski definition) is 11. The summed E-state index contributed by atoms with van der Waals surface area (Å²) >= 11 is 3.95. The van der Waals surface area contributed by atoms with E-state index in [1.165, 1.54) is 6.92 Å². The summed E-state index contributed by atoms with van der Waals surface area (Å²) in [6.45, 7) is 0.725. The van der Waals surface area contributed by atoms with E-state index in [9.17, 15) is 35.7 Å². The number of ether oxygens (including phenoxy) is 3. The molecule has 1 fully saturated rings. The lowest BCUT2D eigenvalue weighted by Gasteiger charge is -2.41. The van der Waals surface area contributed by atoms with Crippen molar-refractivity contribution in [1.29, 1.82) is 0 Å². The molecule has 8 unspecified atom stereocenters. The largest absolute Gasteiger partial charge is 0.394 e. The van der Waals surface area contributed by atoms with Gasteiger partial charge >= 0.3 is 0 Å². The molecule has 1 heterocycles. The molecule has 1 rings (SSSR count). The van der Waals surface area contributed by atoms with E-state index in [4.69, 9.17) is 14.2 Å². The van der Waals surface area contributed by atoms with Gasteiger partial charge in [0, 0.05) is 5.75 Å². The number of hydrogen-bond donors (Lipinski definition) is 8. The summed E-state index contributed by atoms with van der Waals surface area (Å²) in [4.78, 5) is 0.